The van der Waals surface area contributed by atoms with E-state index in [-0.39, 0.29) is 38.3 Å². The average molecular weight is 1120 g/mol. The molecule has 16 aliphatic rings. The van der Waals surface area contributed by atoms with Gasteiger partial charge in [0, 0.05) is 7.83 Å². The van der Waals surface area contributed by atoms with Crippen molar-refractivity contribution in [1.82, 2.24) is 0 Å². The van der Waals surface area contributed by atoms with E-state index in [1.54, 1.807) is 0 Å². The zero-order valence-electron chi connectivity index (χ0n) is 44.6. The van der Waals surface area contributed by atoms with Gasteiger partial charge < -0.3 is 40.9 Å². The predicted molar refractivity (Wildman–Crippen MR) is 305 cm³/mol. The molecule has 16 bridgehead atoms. The van der Waals surface area contributed by atoms with E-state index in [0.717, 1.165) is 173 Å². The highest BCUT2D eigenvalue weighted by molar-refractivity contribution is 7.92. The first-order valence-electron chi connectivity index (χ1n) is 32.0. The minimum absolute atomic E-state index is 0.0706. The molecule has 8 nitrogen and oxygen atoms in total. The molecule has 16 aliphatic carbocycles. The molecular formula is C56H98O8Si8. The van der Waals surface area contributed by atoms with Crippen molar-refractivity contribution in [2.24, 2.45) is 47.3 Å². The fourth-order valence-corrected chi connectivity index (χ4v) is 287. The largest absolute Gasteiger partial charge is 0.393 e. The summed E-state index contributed by atoms with van der Waals surface area (Å²) in [7, 11) is -13.5. The zero-order chi connectivity index (χ0) is 49.1. The van der Waals surface area contributed by atoms with Gasteiger partial charge in [0.1, 0.15) is 0 Å². The van der Waals surface area contributed by atoms with Gasteiger partial charge in [0.2, 0.25) is 0 Å². The van der Waals surface area contributed by atoms with Gasteiger partial charge in [-0.1, -0.05) is 32.1 Å². The molecule has 402 valence electrons. The van der Waals surface area contributed by atoms with Crippen molar-refractivity contribution < 1.29 is 40.9 Å². The molecule has 0 aromatic carbocycles. The van der Waals surface area contributed by atoms with Crippen LogP contribution in [0, 0.1) is 47.3 Å². The second-order valence-electron chi connectivity index (χ2n) is 32.2. The smallest absolute Gasteiger partial charge is 0.0739 e. The number of rotatable bonds is 14. The van der Waals surface area contributed by atoms with Crippen molar-refractivity contribution in [3.8, 4) is 0 Å². The molecule has 25 unspecified atom stereocenters. The Kier molecular flexibility index (Phi) is 10.7. The van der Waals surface area contributed by atoms with Crippen molar-refractivity contribution in [2.45, 2.75) is 295 Å². The first-order valence-corrected chi connectivity index (χ1v) is 59.3. The Hall–Kier alpha value is 1.42. The molecule has 0 spiro atoms. The number of fused-ring (bicyclic) bond motifs is 16. The molecule has 0 amide bonds. The molecule has 0 heterocycles. The molecular weight excluding hydrogens is 1030 g/mol. The van der Waals surface area contributed by atoms with Crippen LogP contribution in [-0.2, 0) is 0 Å². The lowest BCUT2D eigenvalue weighted by atomic mass is 9.94. The summed E-state index contributed by atoms with van der Waals surface area (Å²) in [5.74, 6) is 3.79. The third-order valence-corrected chi connectivity index (χ3v) is 170. The van der Waals surface area contributed by atoms with Gasteiger partial charge in [-0.3, -0.25) is 0 Å². The Bertz CT molecular complexity index is 2120. The van der Waals surface area contributed by atoms with Crippen molar-refractivity contribution in [3.63, 3.8) is 0 Å². The van der Waals surface area contributed by atoms with Crippen LogP contribution >= 0.6 is 0 Å². The van der Waals surface area contributed by atoms with Gasteiger partial charge in [-0.25, -0.2) is 0 Å². The van der Waals surface area contributed by atoms with E-state index >= 15 is 0 Å². The van der Waals surface area contributed by atoms with Gasteiger partial charge in [-0.15, -0.1) is 0 Å². The van der Waals surface area contributed by atoms with Gasteiger partial charge in [0.05, 0.1) is 70.6 Å². The second-order valence-corrected chi connectivity index (χ2v) is 97.7. The lowest BCUT2D eigenvalue weighted by Gasteiger charge is -2.87. The maximum Gasteiger partial charge on any atom is 0.0739 e. The van der Waals surface area contributed by atoms with E-state index in [9.17, 15) is 40.9 Å². The average Bonchev–Trinajstić information content (AvgIpc) is 4.18. The highest BCUT2D eigenvalue weighted by Crippen LogP contribution is 2.97. The summed E-state index contributed by atoms with van der Waals surface area (Å²) in [4.78, 5) is 0. The van der Waals surface area contributed by atoms with Crippen molar-refractivity contribution in [1.29, 1.82) is 0 Å². The molecule has 16 rings (SSSR count). The first kappa shape index (κ1) is 49.2. The Morgan fingerprint density at radius 2 is 0.625 bits per heavy atom. The van der Waals surface area contributed by atoms with E-state index in [2.05, 4.69) is 0 Å². The van der Waals surface area contributed by atoms with Crippen molar-refractivity contribution in [3.05, 3.63) is 0 Å². The maximum absolute atomic E-state index is 14.9. The van der Waals surface area contributed by atoms with Gasteiger partial charge in [-0.2, -0.15) is 0 Å². The van der Waals surface area contributed by atoms with E-state index in [1.807, 2.05) is 0 Å². The Morgan fingerprint density at radius 1 is 0.347 bits per heavy atom. The van der Waals surface area contributed by atoms with Crippen LogP contribution in [0.3, 0.4) is 0 Å². The molecule has 0 aromatic heterocycles. The van der Waals surface area contributed by atoms with Crippen LogP contribution in [0.15, 0.2) is 0 Å². The Morgan fingerprint density at radius 3 is 0.875 bits per heavy atom. The molecule has 16 heteroatoms. The van der Waals surface area contributed by atoms with E-state index in [0.29, 0.717) is 47.3 Å². The number of hydrogen-bond donors (Lipinski definition) is 8. The summed E-state index contributed by atoms with van der Waals surface area (Å²) in [5.41, 5.74) is 0. The second kappa shape index (κ2) is 15.7. The molecule has 8 N–H and O–H groups in total. The summed E-state index contributed by atoms with van der Waals surface area (Å²) in [6, 6.07) is 0. The number of aliphatic hydroxyl groups excluding tert-OH is 8. The third kappa shape index (κ3) is 4.99. The van der Waals surface area contributed by atoms with Crippen LogP contribution in [0.2, 0.25) is 40.3 Å². The fourth-order valence-electron chi connectivity index (χ4n) is 31.1. The molecule has 16 saturated carbocycles. The van der Waals surface area contributed by atoms with Crippen LogP contribution in [-0.4, -0.2) is 155 Å². The fraction of sp³-hybridized carbons (Fsp3) is 1.00. The normalized spacial score (nSPS) is 62.2. The van der Waals surface area contributed by atoms with Gasteiger partial charge in [0.15, 0.2) is 0 Å². The van der Waals surface area contributed by atoms with Crippen LogP contribution < -0.4 is 0 Å². The van der Waals surface area contributed by atoms with Gasteiger partial charge in [-0.05, 0) is 296 Å². The standard InChI is InChI=1S/C56H98O8Si8/c57-41-17-33-1-9-49(41,25-33)69(68-67-66-65)71(53-13-5-37(29-53)21-45(53)61,54-14-6-38(30-54)22-46(54)62)72(55-15-7-39(31-55)23-47(55)63,56-16-8-40(32-56)24-48(56)64)70(50-10-2-34(26-50)18-42(50)58,51-11-3-35(27-51)19-43(51)59)52-12-4-36(28-52)20-44(52)60/h33-48,57-64,69H,1-32,66-68H2,65H3. The minimum Gasteiger partial charge on any atom is -0.393 e. The summed E-state index contributed by atoms with van der Waals surface area (Å²) < 4.78 is 0. The zero-order valence-corrected chi connectivity index (χ0v) is 55.0. The van der Waals surface area contributed by atoms with Crippen LogP contribution in [0.25, 0.3) is 0 Å². The minimum atomic E-state index is -3.94. The Balaban J connectivity index is 1.23. The third-order valence-electron chi connectivity index (χ3n) is 31.4. The van der Waals surface area contributed by atoms with Crippen LogP contribution in [0.1, 0.15) is 205 Å². The number of aliphatic hydroxyl groups is 8. The van der Waals surface area contributed by atoms with E-state index in [1.165, 1.54) is 41.9 Å². The highest BCUT2D eigenvalue weighted by atomic mass is 30.0. The molecule has 0 radical (unpaired) electrons. The Labute approximate surface area is 445 Å². The highest BCUT2D eigenvalue weighted by Gasteiger charge is 3.02. The molecule has 0 aromatic rings. The van der Waals surface area contributed by atoms with Gasteiger partial charge >= 0.3 is 0 Å². The van der Waals surface area contributed by atoms with Gasteiger partial charge in [0.25, 0.3) is 0 Å². The monoisotopic (exact) mass is 1120 g/mol. The van der Waals surface area contributed by atoms with E-state index in [4.69, 9.17) is 0 Å². The summed E-state index contributed by atoms with van der Waals surface area (Å²) in [6.07, 6.45) is 30.3. The van der Waals surface area contributed by atoms with E-state index < -0.39 is 106 Å². The summed E-state index contributed by atoms with van der Waals surface area (Å²) >= 11 is 0. The molecule has 0 aliphatic heterocycles. The number of hydrogen-bond acceptors (Lipinski definition) is 8. The van der Waals surface area contributed by atoms with Crippen LogP contribution in [0.5, 0.6) is 0 Å². The van der Waals surface area contributed by atoms with Crippen molar-refractivity contribution in [2.75, 3.05) is 0 Å². The topological polar surface area (TPSA) is 162 Å². The quantitative estimate of drug-likeness (QED) is 0.119. The van der Waals surface area contributed by atoms with Crippen molar-refractivity contribution >= 4 is 65.1 Å². The molecule has 0 saturated heterocycles. The molecule has 16 fully saturated rings. The van der Waals surface area contributed by atoms with Crippen LogP contribution in [0.4, 0.5) is 0 Å². The summed E-state index contributed by atoms with van der Waals surface area (Å²) in [6.45, 7) is 0. The maximum atomic E-state index is 14.9. The molecule has 72 heavy (non-hydrogen) atoms. The predicted octanol–water partition coefficient (Wildman–Crippen LogP) is 4.35. The molecule has 25 atom stereocenters. The lowest BCUT2D eigenvalue weighted by molar-refractivity contribution is 0.0684. The SMILES string of the molecule is OC1CC2CCC1([SiH]([SiH2][SiH2][SiH2][SiH3])[Si](C13CCC(CC1O)C3)(C13CCC(CC1O)C3)[Si](C13CCC(CC1O)C3)(C13CCC(CC1O)C3)[Si](C13CCC(CC1O)C3)(C13CCC(CC1O)C3)C13CCC(CC1O)C3)C2. The first-order chi connectivity index (χ1) is 34.6. The summed E-state index contributed by atoms with van der Waals surface area (Å²) in [5, 5.41) is 114. The lowest BCUT2D eigenvalue weighted by Crippen LogP contribution is -3.03.